The monoisotopic (exact) mass is 414 g/mol. The summed E-state index contributed by atoms with van der Waals surface area (Å²) in [4.78, 5) is 12.8. The summed E-state index contributed by atoms with van der Waals surface area (Å²) in [6.45, 7) is 8.89. The molecule has 0 amide bonds. The van der Waals surface area contributed by atoms with Crippen LogP contribution in [-0.4, -0.2) is 14.2 Å². The van der Waals surface area contributed by atoms with Crippen LogP contribution in [0.2, 0.25) is 0 Å². The molecule has 0 spiro atoms. The van der Waals surface area contributed by atoms with Gasteiger partial charge in [0.2, 0.25) is 0 Å². The fraction of sp³-hybridized carbons (Fsp3) is 0.296. The molecule has 0 fully saturated rings. The predicted molar refractivity (Wildman–Crippen MR) is 127 cm³/mol. The Morgan fingerprint density at radius 3 is 2.10 bits per heavy atom. The maximum Gasteiger partial charge on any atom is 0.328 e. The lowest BCUT2D eigenvalue weighted by Crippen LogP contribution is -2.27. The van der Waals surface area contributed by atoms with Gasteiger partial charge in [-0.15, -0.1) is 0 Å². The van der Waals surface area contributed by atoms with Crippen LogP contribution in [-0.2, 0) is 19.2 Å². The summed E-state index contributed by atoms with van der Waals surface area (Å²) in [5.41, 5.74) is 4.47. The quantitative estimate of drug-likeness (QED) is 0.492. The maximum absolute atomic E-state index is 12.8. The number of benzene rings is 3. The molecule has 4 rings (SSSR count). The summed E-state index contributed by atoms with van der Waals surface area (Å²) in [5, 5.41) is 11.2. The van der Waals surface area contributed by atoms with E-state index in [0.717, 1.165) is 33.3 Å². The van der Waals surface area contributed by atoms with Gasteiger partial charge in [0.15, 0.2) is 0 Å². The van der Waals surface area contributed by atoms with Gasteiger partial charge in [-0.2, -0.15) is 0 Å². The number of hydrogen-bond acceptors (Lipinski definition) is 2. The summed E-state index contributed by atoms with van der Waals surface area (Å²) in [6.07, 6.45) is 0. The second-order valence-corrected chi connectivity index (χ2v) is 9.71. The molecule has 1 aromatic heterocycles. The zero-order valence-electron chi connectivity index (χ0n) is 18.9. The molecule has 3 aromatic carbocycles. The van der Waals surface area contributed by atoms with Crippen LogP contribution >= 0.6 is 0 Å². The van der Waals surface area contributed by atoms with Gasteiger partial charge in [0.1, 0.15) is 5.60 Å². The molecule has 1 heterocycles. The predicted octanol–water partition coefficient (Wildman–Crippen LogP) is 5.31. The molecular formula is C27H30N2O2. The topological polar surface area (TPSA) is 47.2 Å². The van der Waals surface area contributed by atoms with E-state index in [1.807, 2.05) is 79.2 Å². The standard InChI is InChI=1S/C27H30N2O2/c1-26(2,3)18-29-23-15-14-20(17-24(23)28(5)25(29)30)19-10-9-13-22(16-19)27(4,31)21-11-7-6-8-12-21/h6-17,31H,18H2,1-5H3. The van der Waals surface area contributed by atoms with Crippen molar-refractivity contribution in [3.8, 4) is 11.1 Å². The normalized spacial score (nSPS) is 14.0. The number of nitrogens with zero attached hydrogens (tertiary/aromatic N) is 2. The van der Waals surface area contributed by atoms with Gasteiger partial charge in [-0.3, -0.25) is 9.13 Å². The Bertz CT molecular complexity index is 1290. The Labute approximate surface area is 183 Å². The maximum atomic E-state index is 12.8. The lowest BCUT2D eigenvalue weighted by molar-refractivity contribution is 0.102. The molecule has 1 atom stereocenters. The molecule has 4 aromatic rings. The van der Waals surface area contributed by atoms with E-state index in [9.17, 15) is 9.90 Å². The summed E-state index contributed by atoms with van der Waals surface area (Å²) < 4.78 is 3.57. The van der Waals surface area contributed by atoms with E-state index in [4.69, 9.17) is 0 Å². The van der Waals surface area contributed by atoms with E-state index in [-0.39, 0.29) is 11.1 Å². The number of aryl methyl sites for hydroxylation is 1. The third kappa shape index (κ3) is 3.96. The average molecular weight is 415 g/mol. The van der Waals surface area contributed by atoms with Crippen molar-refractivity contribution in [3.63, 3.8) is 0 Å². The zero-order chi connectivity index (χ0) is 22.4. The van der Waals surface area contributed by atoms with Crippen LogP contribution in [0.25, 0.3) is 22.2 Å². The van der Waals surface area contributed by atoms with Crippen LogP contribution in [0, 0.1) is 5.41 Å². The van der Waals surface area contributed by atoms with E-state index in [2.05, 4.69) is 32.9 Å². The Morgan fingerprint density at radius 1 is 0.774 bits per heavy atom. The van der Waals surface area contributed by atoms with E-state index in [1.165, 1.54) is 0 Å². The van der Waals surface area contributed by atoms with Crippen LogP contribution in [0.4, 0.5) is 0 Å². The van der Waals surface area contributed by atoms with Crippen LogP contribution in [0.3, 0.4) is 0 Å². The molecular weight excluding hydrogens is 384 g/mol. The highest BCUT2D eigenvalue weighted by Gasteiger charge is 2.25. The van der Waals surface area contributed by atoms with Crippen molar-refractivity contribution in [3.05, 3.63) is 94.4 Å². The molecule has 31 heavy (non-hydrogen) atoms. The molecule has 0 saturated heterocycles. The molecule has 4 heteroatoms. The molecule has 0 bridgehead atoms. The number of aliphatic hydroxyl groups is 1. The van der Waals surface area contributed by atoms with Gasteiger partial charge < -0.3 is 5.11 Å². The Balaban J connectivity index is 1.79. The fourth-order valence-corrected chi connectivity index (χ4v) is 4.15. The highest BCUT2D eigenvalue weighted by molar-refractivity contribution is 5.83. The minimum Gasteiger partial charge on any atom is -0.381 e. The van der Waals surface area contributed by atoms with Crippen molar-refractivity contribution < 1.29 is 5.11 Å². The molecule has 0 radical (unpaired) electrons. The fourth-order valence-electron chi connectivity index (χ4n) is 4.15. The molecule has 0 aliphatic carbocycles. The number of hydrogen-bond donors (Lipinski definition) is 1. The second kappa shape index (κ2) is 7.54. The van der Waals surface area contributed by atoms with Crippen LogP contribution in [0.5, 0.6) is 0 Å². The number of rotatable bonds is 4. The molecule has 0 saturated carbocycles. The lowest BCUT2D eigenvalue weighted by atomic mass is 9.86. The number of aromatic nitrogens is 2. The highest BCUT2D eigenvalue weighted by atomic mass is 16.3. The molecule has 0 aliphatic heterocycles. The van der Waals surface area contributed by atoms with E-state index in [1.54, 1.807) is 4.57 Å². The number of imidazole rings is 1. The smallest absolute Gasteiger partial charge is 0.328 e. The SMILES string of the molecule is Cn1c(=O)n(CC(C)(C)C)c2ccc(-c3cccc(C(C)(O)c4ccccc4)c3)cc21. The summed E-state index contributed by atoms with van der Waals surface area (Å²) in [6, 6.07) is 23.8. The zero-order valence-corrected chi connectivity index (χ0v) is 18.9. The van der Waals surface area contributed by atoms with E-state index < -0.39 is 5.60 Å². The first-order chi connectivity index (χ1) is 14.6. The molecule has 1 unspecified atom stereocenters. The van der Waals surface area contributed by atoms with Crippen LogP contribution in [0.1, 0.15) is 38.8 Å². The summed E-state index contributed by atoms with van der Waals surface area (Å²) >= 11 is 0. The third-order valence-corrected chi connectivity index (χ3v) is 5.87. The van der Waals surface area contributed by atoms with Gasteiger partial charge in [0.25, 0.3) is 0 Å². The van der Waals surface area contributed by atoms with Crippen LogP contribution < -0.4 is 5.69 Å². The first kappa shape index (κ1) is 21.1. The highest BCUT2D eigenvalue weighted by Crippen LogP contribution is 2.33. The Hall–Kier alpha value is -3.11. The first-order valence-corrected chi connectivity index (χ1v) is 10.7. The second-order valence-electron chi connectivity index (χ2n) is 9.71. The Kier molecular flexibility index (Phi) is 5.14. The van der Waals surface area contributed by atoms with Gasteiger partial charge >= 0.3 is 5.69 Å². The molecule has 1 N–H and O–H groups in total. The average Bonchev–Trinajstić information content (AvgIpc) is 2.97. The van der Waals surface area contributed by atoms with Crippen LogP contribution in [0.15, 0.2) is 77.6 Å². The Morgan fingerprint density at radius 2 is 1.42 bits per heavy atom. The summed E-state index contributed by atoms with van der Waals surface area (Å²) in [5.74, 6) is 0. The largest absolute Gasteiger partial charge is 0.381 e. The van der Waals surface area contributed by atoms with Crippen molar-refractivity contribution in [1.82, 2.24) is 9.13 Å². The number of fused-ring (bicyclic) bond motifs is 1. The van der Waals surface area contributed by atoms with E-state index >= 15 is 0 Å². The van der Waals surface area contributed by atoms with Crippen molar-refractivity contribution in [2.45, 2.75) is 39.8 Å². The third-order valence-electron chi connectivity index (χ3n) is 5.87. The molecule has 0 aliphatic rings. The van der Waals surface area contributed by atoms with Crippen molar-refractivity contribution in [1.29, 1.82) is 0 Å². The minimum atomic E-state index is -1.09. The van der Waals surface area contributed by atoms with Crippen molar-refractivity contribution >= 4 is 11.0 Å². The molecule has 160 valence electrons. The molecule has 4 nitrogen and oxygen atoms in total. The van der Waals surface area contributed by atoms with Gasteiger partial charge in [-0.1, -0.05) is 75.4 Å². The first-order valence-electron chi connectivity index (χ1n) is 10.7. The van der Waals surface area contributed by atoms with E-state index in [0.29, 0.717) is 6.54 Å². The van der Waals surface area contributed by atoms with Gasteiger partial charge in [-0.25, -0.2) is 4.79 Å². The van der Waals surface area contributed by atoms with Gasteiger partial charge in [-0.05, 0) is 52.8 Å². The summed E-state index contributed by atoms with van der Waals surface area (Å²) in [7, 11) is 1.82. The van der Waals surface area contributed by atoms with Gasteiger partial charge in [0, 0.05) is 13.6 Å². The van der Waals surface area contributed by atoms with Crippen molar-refractivity contribution in [2.75, 3.05) is 0 Å². The minimum absolute atomic E-state index is 0.00263. The van der Waals surface area contributed by atoms with Crippen molar-refractivity contribution in [2.24, 2.45) is 12.5 Å². The lowest BCUT2D eigenvalue weighted by Gasteiger charge is -2.25. The van der Waals surface area contributed by atoms with Gasteiger partial charge in [0.05, 0.1) is 11.0 Å².